The fourth-order valence-electron chi connectivity index (χ4n) is 4.45. The van der Waals surface area contributed by atoms with Gasteiger partial charge in [-0.3, -0.25) is 10.4 Å². The second-order valence-corrected chi connectivity index (χ2v) is 8.92. The highest BCUT2D eigenvalue weighted by Gasteiger charge is 2.19. The average molecular weight is 463 g/mol. The van der Waals surface area contributed by atoms with Crippen LogP contribution in [0.25, 0.3) is 18.2 Å². The highest BCUT2D eigenvalue weighted by molar-refractivity contribution is 6.30. The van der Waals surface area contributed by atoms with Gasteiger partial charge in [-0.2, -0.15) is 0 Å². The molecule has 3 heterocycles. The van der Waals surface area contributed by atoms with Crippen molar-refractivity contribution >= 4 is 23.9 Å². The first kappa shape index (κ1) is 24.2. The quantitative estimate of drug-likeness (QED) is 0.547. The molecule has 1 aromatic heterocycles. The zero-order valence-corrected chi connectivity index (χ0v) is 20.7. The van der Waals surface area contributed by atoms with E-state index in [2.05, 4.69) is 58.6 Å². The van der Waals surface area contributed by atoms with Crippen LogP contribution in [0.15, 0.2) is 89.9 Å². The molecule has 0 spiro atoms. The Morgan fingerprint density at radius 3 is 2.83 bits per heavy atom. The molecule has 1 aromatic carbocycles. The molecule has 0 saturated carbocycles. The number of aryl methyl sites for hydroxylation is 1. The van der Waals surface area contributed by atoms with Crippen molar-refractivity contribution in [2.45, 2.75) is 39.5 Å². The van der Waals surface area contributed by atoms with E-state index < -0.39 is 0 Å². The van der Waals surface area contributed by atoms with Gasteiger partial charge in [0, 0.05) is 35.9 Å². The molecule has 2 aromatic rings. The molecule has 4 heteroatoms. The van der Waals surface area contributed by atoms with Crippen LogP contribution in [-0.2, 0) is 0 Å². The molecule has 2 aliphatic heterocycles. The normalized spacial score (nSPS) is 18.2. The molecular weight excluding hydrogens is 428 g/mol. The zero-order chi connectivity index (χ0) is 24.6. The summed E-state index contributed by atoms with van der Waals surface area (Å²) in [7, 11) is 0. The zero-order valence-electron chi connectivity index (χ0n) is 20.7. The summed E-state index contributed by atoms with van der Waals surface area (Å²) in [6.07, 6.45) is 18.7. The van der Waals surface area contributed by atoms with Crippen molar-refractivity contribution in [2.75, 3.05) is 6.54 Å². The first-order valence-corrected chi connectivity index (χ1v) is 12.3. The van der Waals surface area contributed by atoms with Gasteiger partial charge in [0.25, 0.3) is 0 Å². The minimum atomic E-state index is 0.455. The molecule has 3 N–H and O–H groups in total. The number of pyridine rings is 1. The number of hydrogen-bond donors (Lipinski definition) is 3. The average Bonchev–Trinajstić information content (AvgIpc) is 3.30. The highest BCUT2D eigenvalue weighted by Crippen LogP contribution is 2.26. The Hall–Kier alpha value is -3.92. The first-order chi connectivity index (χ1) is 17.1. The van der Waals surface area contributed by atoms with Crippen molar-refractivity contribution in [3.8, 4) is 0 Å². The van der Waals surface area contributed by atoms with Gasteiger partial charge in [-0.1, -0.05) is 49.4 Å². The van der Waals surface area contributed by atoms with Crippen LogP contribution in [0.2, 0.25) is 0 Å². The lowest BCUT2D eigenvalue weighted by Gasteiger charge is -2.17. The van der Waals surface area contributed by atoms with Crippen molar-refractivity contribution in [3.05, 3.63) is 117 Å². The topological polar surface area (TPSA) is 60.8 Å². The van der Waals surface area contributed by atoms with Crippen molar-refractivity contribution < 1.29 is 0 Å². The lowest BCUT2D eigenvalue weighted by atomic mass is 9.93. The maximum absolute atomic E-state index is 9.18. The van der Waals surface area contributed by atoms with E-state index >= 15 is 0 Å². The molecular formula is C31H34N4. The van der Waals surface area contributed by atoms with Crippen LogP contribution in [0.4, 0.5) is 0 Å². The smallest absolute Gasteiger partial charge is 0.0892 e. The molecule has 0 unspecified atom stereocenters. The summed E-state index contributed by atoms with van der Waals surface area (Å²) in [6, 6.07) is 12.2. The molecule has 1 fully saturated rings. The van der Waals surface area contributed by atoms with Crippen LogP contribution in [0.5, 0.6) is 0 Å². The van der Waals surface area contributed by atoms with Gasteiger partial charge in [0.1, 0.15) is 0 Å². The summed E-state index contributed by atoms with van der Waals surface area (Å²) < 4.78 is 0. The van der Waals surface area contributed by atoms with Gasteiger partial charge in [-0.15, -0.1) is 0 Å². The number of nitrogens with zero attached hydrogens (tertiary/aromatic N) is 1. The van der Waals surface area contributed by atoms with Gasteiger partial charge in [0.05, 0.1) is 11.4 Å². The van der Waals surface area contributed by atoms with Gasteiger partial charge in [0.2, 0.25) is 0 Å². The summed E-state index contributed by atoms with van der Waals surface area (Å²) in [4.78, 5) is 4.67. The van der Waals surface area contributed by atoms with Crippen molar-refractivity contribution in [1.29, 1.82) is 5.41 Å². The highest BCUT2D eigenvalue weighted by atomic mass is 14.9. The third kappa shape index (κ3) is 5.96. The summed E-state index contributed by atoms with van der Waals surface area (Å²) in [5, 5.41) is 18.0. The Morgan fingerprint density at radius 1 is 1.11 bits per heavy atom. The number of rotatable bonds is 5. The Kier molecular flexibility index (Phi) is 7.94. The maximum Gasteiger partial charge on any atom is 0.0892 e. The monoisotopic (exact) mass is 462 g/mol. The Morgan fingerprint density at radius 2 is 2.00 bits per heavy atom. The van der Waals surface area contributed by atoms with Crippen LogP contribution in [-0.4, -0.2) is 17.2 Å². The van der Waals surface area contributed by atoms with Gasteiger partial charge in [0.15, 0.2) is 0 Å². The minimum absolute atomic E-state index is 0.455. The number of hydrogen-bond acceptors (Lipinski definition) is 4. The predicted molar refractivity (Wildman–Crippen MR) is 148 cm³/mol. The van der Waals surface area contributed by atoms with Crippen LogP contribution >= 0.6 is 0 Å². The first-order valence-electron chi connectivity index (χ1n) is 12.3. The Bertz CT molecular complexity index is 1360. The maximum atomic E-state index is 9.18. The summed E-state index contributed by atoms with van der Waals surface area (Å²) in [6.45, 7) is 9.25. The van der Waals surface area contributed by atoms with Crippen LogP contribution in [0.1, 0.15) is 49.6 Å². The van der Waals surface area contributed by atoms with E-state index in [4.69, 9.17) is 0 Å². The van der Waals surface area contributed by atoms with E-state index in [1.165, 1.54) is 6.42 Å². The van der Waals surface area contributed by atoms with Crippen LogP contribution in [0, 0.1) is 12.3 Å². The molecule has 0 radical (unpaired) electrons. The SMILES string of the molecule is C=c1ccc(/C(C(=N)c2cccc(C)n2)=C2\CCCCCN2)c/c1=C/C(=C\C)C1=CNC=CC=C1. The number of allylic oxidation sites excluding steroid dienone is 8. The van der Waals surface area contributed by atoms with E-state index in [0.29, 0.717) is 11.4 Å². The van der Waals surface area contributed by atoms with E-state index in [0.717, 1.165) is 69.9 Å². The number of nitrogens with one attached hydrogen (secondary N) is 3. The third-order valence-corrected chi connectivity index (χ3v) is 6.35. The van der Waals surface area contributed by atoms with E-state index in [1.54, 1.807) is 0 Å². The second-order valence-electron chi connectivity index (χ2n) is 8.92. The van der Waals surface area contributed by atoms with Gasteiger partial charge in [-0.25, -0.2) is 0 Å². The molecule has 4 rings (SSSR count). The number of benzene rings is 1. The fraction of sp³-hybridized carbons (Fsp3) is 0.226. The molecule has 1 saturated heterocycles. The van der Waals surface area contributed by atoms with Gasteiger partial charge < -0.3 is 10.6 Å². The van der Waals surface area contributed by atoms with E-state index in [-0.39, 0.29) is 0 Å². The lowest BCUT2D eigenvalue weighted by molar-refractivity contribution is 0.721. The van der Waals surface area contributed by atoms with Crippen molar-refractivity contribution in [2.24, 2.45) is 0 Å². The van der Waals surface area contributed by atoms with Crippen LogP contribution in [0.3, 0.4) is 0 Å². The van der Waals surface area contributed by atoms with Gasteiger partial charge >= 0.3 is 0 Å². The second kappa shape index (κ2) is 11.5. The summed E-state index contributed by atoms with van der Waals surface area (Å²) in [5.74, 6) is 0. The molecule has 0 atom stereocenters. The molecule has 4 nitrogen and oxygen atoms in total. The van der Waals surface area contributed by atoms with E-state index in [1.807, 2.05) is 56.6 Å². The molecule has 0 amide bonds. The molecule has 178 valence electrons. The fourth-order valence-corrected chi connectivity index (χ4v) is 4.45. The molecule has 2 aliphatic rings. The number of aromatic nitrogens is 1. The Balaban J connectivity index is 1.84. The summed E-state index contributed by atoms with van der Waals surface area (Å²) in [5.41, 5.74) is 7.36. The standard InChI is InChI=1S/C31H34N4/c1-4-24(26-12-7-9-17-33-21-26)19-27-20-25(16-15-22(27)2)30(28-13-6-5-8-18-34-28)31(32)29-14-10-11-23(3)35-29/h4,7,9-12,14-17,19-21,32-34H,2,5-6,8,13,18H2,1,3H3/b24-4+,27-19-,30-28-,32-31?. The largest absolute Gasteiger partial charge is 0.388 e. The van der Waals surface area contributed by atoms with Crippen molar-refractivity contribution in [3.63, 3.8) is 0 Å². The predicted octanol–water partition coefficient (Wildman–Crippen LogP) is 5.03. The minimum Gasteiger partial charge on any atom is -0.388 e. The lowest BCUT2D eigenvalue weighted by Crippen LogP contribution is -2.25. The van der Waals surface area contributed by atoms with Gasteiger partial charge in [-0.05, 0) is 90.6 Å². The van der Waals surface area contributed by atoms with E-state index in [9.17, 15) is 5.41 Å². The third-order valence-electron chi connectivity index (χ3n) is 6.35. The summed E-state index contributed by atoms with van der Waals surface area (Å²) >= 11 is 0. The Labute approximate surface area is 208 Å². The molecule has 0 aliphatic carbocycles. The van der Waals surface area contributed by atoms with Crippen LogP contribution < -0.4 is 21.1 Å². The molecule has 0 bridgehead atoms. The van der Waals surface area contributed by atoms with Crippen molar-refractivity contribution in [1.82, 2.24) is 15.6 Å². The molecule has 35 heavy (non-hydrogen) atoms.